The highest BCUT2D eigenvalue weighted by atomic mass is 32.2. The standard InChI is InChI=1S/C31H52N2O2S/c1-4-7-9-10-11-12-14-25-34-29-22-18-27(19-23-29)30-33(32-31(36-30)35-24-6-3)28-20-16-26(17-21-28)15-13-8-5-2/h18-19,22-23,26,28,30H,4-17,20-21,24-25H2,1-3H3. The van der Waals surface area contributed by atoms with E-state index < -0.39 is 0 Å². The maximum absolute atomic E-state index is 6.05. The Hall–Kier alpha value is -1.36. The molecule has 0 radical (unpaired) electrons. The zero-order chi connectivity index (χ0) is 25.4. The van der Waals surface area contributed by atoms with Crippen molar-refractivity contribution < 1.29 is 9.47 Å². The van der Waals surface area contributed by atoms with Crippen LogP contribution in [-0.2, 0) is 4.74 Å². The molecular weight excluding hydrogens is 464 g/mol. The van der Waals surface area contributed by atoms with Crippen LogP contribution < -0.4 is 4.74 Å². The fourth-order valence-electron chi connectivity index (χ4n) is 5.42. The van der Waals surface area contributed by atoms with E-state index in [1.807, 2.05) is 0 Å². The summed E-state index contributed by atoms with van der Waals surface area (Å²) in [5.74, 6) is 1.89. The highest BCUT2D eigenvalue weighted by Crippen LogP contribution is 2.44. The molecule has 0 spiro atoms. The molecular formula is C31H52N2O2S. The van der Waals surface area contributed by atoms with E-state index >= 15 is 0 Å². The predicted octanol–water partition coefficient (Wildman–Crippen LogP) is 9.70. The molecule has 1 aromatic rings. The van der Waals surface area contributed by atoms with Crippen molar-refractivity contribution in [2.75, 3.05) is 13.2 Å². The summed E-state index contributed by atoms with van der Waals surface area (Å²) in [5, 5.41) is 8.40. The Labute approximate surface area is 226 Å². The Bertz CT molecular complexity index is 731. The van der Waals surface area contributed by atoms with Gasteiger partial charge in [-0.05, 0) is 73.9 Å². The van der Waals surface area contributed by atoms with Gasteiger partial charge in [0.25, 0.3) is 5.23 Å². The van der Waals surface area contributed by atoms with Crippen molar-refractivity contribution in [2.45, 2.75) is 135 Å². The maximum atomic E-state index is 6.05. The number of nitrogens with zero attached hydrogens (tertiary/aromatic N) is 2. The minimum Gasteiger partial charge on any atom is -0.494 e. The predicted molar refractivity (Wildman–Crippen MR) is 156 cm³/mol. The van der Waals surface area contributed by atoms with E-state index in [9.17, 15) is 0 Å². The molecule has 5 heteroatoms. The summed E-state index contributed by atoms with van der Waals surface area (Å²) < 4.78 is 12.0. The molecule has 204 valence electrons. The SMILES string of the molecule is CCCCCCCCCOc1ccc(C2SC(OCCC)=NN2C2CCC(CCCCC)CC2)cc1. The van der Waals surface area contributed by atoms with Crippen molar-refractivity contribution in [3.63, 3.8) is 0 Å². The second-order valence-corrected chi connectivity index (χ2v) is 11.8. The molecule has 0 aromatic heterocycles. The summed E-state index contributed by atoms with van der Waals surface area (Å²) in [4.78, 5) is 0. The quantitative estimate of drug-likeness (QED) is 0.193. The van der Waals surface area contributed by atoms with Crippen LogP contribution in [0.15, 0.2) is 29.4 Å². The number of hydrogen-bond acceptors (Lipinski definition) is 5. The highest BCUT2D eigenvalue weighted by molar-refractivity contribution is 8.13. The van der Waals surface area contributed by atoms with Gasteiger partial charge in [0.05, 0.1) is 13.2 Å². The minimum atomic E-state index is 0.204. The van der Waals surface area contributed by atoms with Crippen molar-refractivity contribution in [3.8, 4) is 5.75 Å². The van der Waals surface area contributed by atoms with Gasteiger partial charge >= 0.3 is 0 Å². The summed E-state index contributed by atoms with van der Waals surface area (Å²) in [6.45, 7) is 8.28. The third kappa shape index (κ3) is 9.84. The topological polar surface area (TPSA) is 34.1 Å². The average Bonchev–Trinajstić information content (AvgIpc) is 3.34. The fraction of sp³-hybridized carbons (Fsp3) is 0.774. The van der Waals surface area contributed by atoms with Gasteiger partial charge in [-0.25, -0.2) is 0 Å². The molecule has 36 heavy (non-hydrogen) atoms. The lowest BCUT2D eigenvalue weighted by molar-refractivity contribution is 0.127. The average molecular weight is 517 g/mol. The van der Waals surface area contributed by atoms with E-state index in [0.29, 0.717) is 6.04 Å². The minimum absolute atomic E-state index is 0.204. The van der Waals surface area contributed by atoms with E-state index in [1.165, 1.54) is 95.5 Å². The van der Waals surface area contributed by atoms with Crippen molar-refractivity contribution >= 4 is 17.0 Å². The number of ether oxygens (including phenoxy) is 2. The van der Waals surface area contributed by atoms with Crippen molar-refractivity contribution in [1.82, 2.24) is 5.01 Å². The Kier molecular flexibility index (Phi) is 14.0. The molecule has 1 aromatic carbocycles. The lowest BCUT2D eigenvalue weighted by Gasteiger charge is -2.36. The number of unbranched alkanes of at least 4 members (excludes halogenated alkanes) is 8. The number of benzene rings is 1. The van der Waals surface area contributed by atoms with Crippen LogP contribution in [0, 0.1) is 5.92 Å². The van der Waals surface area contributed by atoms with E-state index in [4.69, 9.17) is 14.6 Å². The largest absolute Gasteiger partial charge is 0.494 e. The molecule has 1 atom stereocenters. The molecule has 0 saturated heterocycles. The first kappa shape index (κ1) is 29.2. The number of thioether (sulfide) groups is 1. The van der Waals surface area contributed by atoms with Crippen molar-refractivity contribution in [1.29, 1.82) is 0 Å². The summed E-state index contributed by atoms with van der Waals surface area (Å²) in [7, 11) is 0. The number of hydrazone groups is 1. The van der Waals surface area contributed by atoms with Crippen LogP contribution in [-0.4, -0.2) is 29.5 Å². The van der Waals surface area contributed by atoms with Crippen LogP contribution in [0.25, 0.3) is 0 Å². The lowest BCUT2D eigenvalue weighted by atomic mass is 9.82. The lowest BCUT2D eigenvalue weighted by Crippen LogP contribution is -2.34. The number of rotatable bonds is 17. The van der Waals surface area contributed by atoms with Gasteiger partial charge in [0.2, 0.25) is 0 Å². The zero-order valence-electron chi connectivity index (χ0n) is 23.4. The number of hydrogen-bond donors (Lipinski definition) is 0. The molecule has 0 bridgehead atoms. The van der Waals surface area contributed by atoms with Gasteiger partial charge in [0.15, 0.2) is 0 Å². The van der Waals surface area contributed by atoms with Gasteiger partial charge in [-0.1, -0.05) is 97.1 Å². The molecule has 2 aliphatic rings. The Morgan fingerprint density at radius 3 is 2.11 bits per heavy atom. The van der Waals surface area contributed by atoms with Crippen molar-refractivity contribution in [2.24, 2.45) is 11.0 Å². The normalized spacial score (nSPS) is 22.0. The van der Waals surface area contributed by atoms with Gasteiger partial charge in [-0.3, -0.25) is 5.01 Å². The first-order valence-electron chi connectivity index (χ1n) is 15.1. The summed E-state index contributed by atoms with van der Waals surface area (Å²) >= 11 is 1.77. The smallest absolute Gasteiger partial charge is 0.269 e. The van der Waals surface area contributed by atoms with Crippen LogP contribution in [0.5, 0.6) is 5.75 Å². The van der Waals surface area contributed by atoms with Crippen LogP contribution in [0.4, 0.5) is 0 Å². The molecule has 3 rings (SSSR count). The summed E-state index contributed by atoms with van der Waals surface area (Å²) in [6, 6.07) is 9.27. The second kappa shape index (κ2) is 17.2. The van der Waals surface area contributed by atoms with Crippen LogP contribution in [0.2, 0.25) is 0 Å². The Balaban J connectivity index is 1.49. The van der Waals surface area contributed by atoms with Crippen LogP contribution >= 0.6 is 11.8 Å². The highest BCUT2D eigenvalue weighted by Gasteiger charge is 2.36. The van der Waals surface area contributed by atoms with Gasteiger partial charge in [-0.15, -0.1) is 5.10 Å². The first-order valence-corrected chi connectivity index (χ1v) is 16.0. The van der Waals surface area contributed by atoms with Crippen molar-refractivity contribution in [3.05, 3.63) is 29.8 Å². The van der Waals surface area contributed by atoms with E-state index in [2.05, 4.69) is 50.0 Å². The van der Waals surface area contributed by atoms with Gasteiger partial charge in [0, 0.05) is 6.04 Å². The monoisotopic (exact) mass is 516 g/mol. The molecule has 0 amide bonds. The van der Waals surface area contributed by atoms with Gasteiger partial charge in [0.1, 0.15) is 11.1 Å². The van der Waals surface area contributed by atoms with E-state index in [0.717, 1.165) is 43.0 Å². The molecule has 0 N–H and O–H groups in total. The molecule has 1 heterocycles. The van der Waals surface area contributed by atoms with Crippen LogP contribution in [0.3, 0.4) is 0 Å². The van der Waals surface area contributed by atoms with Gasteiger partial charge < -0.3 is 9.47 Å². The summed E-state index contributed by atoms with van der Waals surface area (Å²) in [6.07, 6.45) is 20.9. The third-order valence-electron chi connectivity index (χ3n) is 7.67. The van der Waals surface area contributed by atoms with Gasteiger partial charge in [-0.2, -0.15) is 0 Å². The first-order chi connectivity index (χ1) is 17.7. The second-order valence-electron chi connectivity index (χ2n) is 10.8. The summed E-state index contributed by atoms with van der Waals surface area (Å²) in [5.41, 5.74) is 1.30. The zero-order valence-corrected chi connectivity index (χ0v) is 24.2. The molecule has 1 aliphatic heterocycles. The molecule has 1 aliphatic carbocycles. The van der Waals surface area contributed by atoms with E-state index in [-0.39, 0.29) is 5.37 Å². The van der Waals surface area contributed by atoms with E-state index in [1.54, 1.807) is 11.8 Å². The maximum Gasteiger partial charge on any atom is 0.269 e. The Morgan fingerprint density at radius 1 is 0.750 bits per heavy atom. The third-order valence-corrected chi connectivity index (χ3v) is 8.78. The molecule has 4 nitrogen and oxygen atoms in total. The fourth-order valence-corrected chi connectivity index (χ4v) is 6.53. The molecule has 1 saturated carbocycles. The Morgan fingerprint density at radius 2 is 1.42 bits per heavy atom. The van der Waals surface area contributed by atoms with Crippen LogP contribution in [0.1, 0.15) is 134 Å². The molecule has 1 fully saturated rings. The molecule has 1 unspecified atom stereocenters.